The van der Waals surface area contributed by atoms with E-state index in [1.165, 1.54) is 17.5 Å². The van der Waals surface area contributed by atoms with Crippen LogP contribution in [-0.4, -0.2) is 75.9 Å². The van der Waals surface area contributed by atoms with Crippen LogP contribution in [0, 0.1) is 6.92 Å². The van der Waals surface area contributed by atoms with Gasteiger partial charge in [0.1, 0.15) is 0 Å². The maximum atomic E-state index is 13.6. The molecule has 5 heterocycles. The van der Waals surface area contributed by atoms with Crippen molar-refractivity contribution in [1.82, 2.24) is 35.6 Å². The number of amides is 2. The number of aryl methyl sites for hydroxylation is 3. The summed E-state index contributed by atoms with van der Waals surface area (Å²) in [6, 6.07) is 23.7. The van der Waals surface area contributed by atoms with Crippen LogP contribution in [0.15, 0.2) is 72.9 Å². The second-order valence-corrected chi connectivity index (χ2v) is 15.2. The Bertz CT molecular complexity index is 2190. The maximum absolute atomic E-state index is 13.6. The van der Waals surface area contributed by atoms with Crippen molar-refractivity contribution < 1.29 is 14.3 Å². The lowest BCUT2D eigenvalue weighted by Gasteiger charge is -2.27. The molecule has 2 aromatic heterocycles. The predicted octanol–water partition coefficient (Wildman–Crippen LogP) is 5.99. The van der Waals surface area contributed by atoms with Gasteiger partial charge in [0.05, 0.1) is 17.3 Å². The quantitative estimate of drug-likeness (QED) is 0.116. The van der Waals surface area contributed by atoms with Crippen LogP contribution in [0.5, 0.6) is 0 Å². The van der Waals surface area contributed by atoms with Crippen molar-refractivity contribution in [2.45, 2.75) is 90.8 Å². The van der Waals surface area contributed by atoms with E-state index in [9.17, 15) is 9.59 Å². The Hall–Kier alpha value is -5.10. The second-order valence-electron chi connectivity index (χ2n) is 15.2. The first-order chi connectivity index (χ1) is 26.9. The Morgan fingerprint density at radius 1 is 0.927 bits per heavy atom. The van der Waals surface area contributed by atoms with Crippen LogP contribution < -0.4 is 21.3 Å². The SMILES string of the molecule is CCc1nc2c(cnn2CC)c(NC2CCOCC2)c1CNC(=O)c1cccc(C(=O)NCc2cc(-c3cccc(CN4C[C@@H]5CC4CN5)c3)ccc2C)c1. The van der Waals surface area contributed by atoms with Crippen LogP contribution in [0.25, 0.3) is 22.2 Å². The fourth-order valence-corrected chi connectivity index (χ4v) is 8.42. The molecule has 55 heavy (non-hydrogen) atoms. The van der Waals surface area contributed by atoms with Crippen LogP contribution in [0.2, 0.25) is 0 Å². The summed E-state index contributed by atoms with van der Waals surface area (Å²) in [6.45, 7) is 12.2. The average Bonchev–Trinajstić information content (AvgIpc) is 3.97. The number of aromatic nitrogens is 3. The van der Waals surface area contributed by atoms with Gasteiger partial charge in [-0.2, -0.15) is 5.10 Å². The molecule has 2 bridgehead atoms. The molecule has 0 spiro atoms. The molecule has 3 saturated heterocycles. The van der Waals surface area contributed by atoms with Crippen LogP contribution >= 0.6 is 0 Å². The van der Waals surface area contributed by atoms with Crippen molar-refractivity contribution in [3.05, 3.63) is 112 Å². The average molecular weight is 741 g/mol. The monoisotopic (exact) mass is 740 g/mol. The molecule has 11 nitrogen and oxygen atoms in total. The topological polar surface area (TPSA) is 125 Å². The number of likely N-dealkylation sites (tertiary alicyclic amines) is 1. The summed E-state index contributed by atoms with van der Waals surface area (Å²) in [5.74, 6) is -0.479. The molecule has 11 heteroatoms. The Labute approximate surface area is 323 Å². The predicted molar refractivity (Wildman–Crippen MR) is 216 cm³/mol. The Kier molecular flexibility index (Phi) is 10.9. The molecule has 286 valence electrons. The molecule has 8 rings (SSSR count). The summed E-state index contributed by atoms with van der Waals surface area (Å²) in [6.07, 6.45) is 5.64. The van der Waals surface area contributed by atoms with Gasteiger partial charge in [0, 0.05) is 93.0 Å². The number of benzene rings is 3. The zero-order chi connectivity index (χ0) is 37.9. The van der Waals surface area contributed by atoms with E-state index < -0.39 is 0 Å². The smallest absolute Gasteiger partial charge is 0.251 e. The van der Waals surface area contributed by atoms with Crippen molar-refractivity contribution in [3.63, 3.8) is 0 Å². The molecule has 5 aromatic rings. The third-order valence-electron chi connectivity index (χ3n) is 11.6. The Morgan fingerprint density at radius 3 is 2.42 bits per heavy atom. The minimum Gasteiger partial charge on any atom is -0.381 e. The first kappa shape index (κ1) is 36.9. The minimum absolute atomic E-state index is 0.227. The number of hydrogen-bond acceptors (Lipinski definition) is 8. The van der Waals surface area contributed by atoms with Crippen molar-refractivity contribution in [2.24, 2.45) is 0 Å². The third kappa shape index (κ3) is 8.01. The number of nitrogens with zero attached hydrogens (tertiary/aromatic N) is 4. The first-order valence-electron chi connectivity index (χ1n) is 19.9. The minimum atomic E-state index is -0.252. The zero-order valence-corrected chi connectivity index (χ0v) is 32.2. The van der Waals surface area contributed by atoms with Crippen molar-refractivity contribution >= 4 is 28.5 Å². The number of carbonyl (C=O) groups is 2. The molecule has 3 fully saturated rings. The fourth-order valence-electron chi connectivity index (χ4n) is 8.42. The summed E-state index contributed by atoms with van der Waals surface area (Å²) < 4.78 is 7.52. The van der Waals surface area contributed by atoms with Gasteiger partial charge < -0.3 is 26.0 Å². The summed E-state index contributed by atoms with van der Waals surface area (Å²) >= 11 is 0. The van der Waals surface area contributed by atoms with E-state index >= 15 is 0 Å². The molecule has 2 amide bonds. The van der Waals surface area contributed by atoms with E-state index in [1.807, 2.05) is 10.9 Å². The maximum Gasteiger partial charge on any atom is 0.251 e. The number of pyridine rings is 1. The normalized spacial score (nSPS) is 18.5. The molecular weight excluding hydrogens is 689 g/mol. The standard InChI is InChI=1S/C44H52N8O3/c1-4-40-38(41(49-35-14-16-55-17-15-35)39-25-48-52(5-2)42(39)50-40)24-47-44(54)33-11-7-10-32(20-33)43(53)46-22-34-19-31(13-12-28(34)3)30-9-6-8-29(18-30)26-51-27-36-21-37(51)23-45-36/h6-13,18-20,25,35-37,45H,4-5,14-17,21-24,26-27H2,1-3H3,(H,46,53)(H,47,54)(H,49,50)/t36-,37?/m0/s1. The van der Waals surface area contributed by atoms with Crippen molar-refractivity contribution in [2.75, 3.05) is 31.6 Å². The number of hydrogen-bond donors (Lipinski definition) is 4. The van der Waals surface area contributed by atoms with Gasteiger partial charge in [-0.05, 0) is 97.7 Å². The van der Waals surface area contributed by atoms with Gasteiger partial charge in [0.25, 0.3) is 11.8 Å². The molecule has 1 unspecified atom stereocenters. The summed E-state index contributed by atoms with van der Waals surface area (Å²) in [5, 5.41) is 19.1. The van der Waals surface area contributed by atoms with E-state index in [4.69, 9.17) is 9.72 Å². The lowest BCUT2D eigenvalue weighted by Crippen LogP contribution is -2.42. The highest BCUT2D eigenvalue weighted by atomic mass is 16.5. The molecule has 0 saturated carbocycles. The number of nitrogens with one attached hydrogen (secondary N) is 4. The molecule has 0 aliphatic carbocycles. The van der Waals surface area contributed by atoms with Crippen LogP contribution in [0.3, 0.4) is 0 Å². The van der Waals surface area contributed by atoms with Crippen LogP contribution in [0.4, 0.5) is 5.69 Å². The molecule has 4 N–H and O–H groups in total. The molecule has 0 radical (unpaired) electrons. The van der Waals surface area contributed by atoms with Gasteiger partial charge in [0.15, 0.2) is 5.65 Å². The molecule has 3 aliphatic heterocycles. The van der Waals surface area contributed by atoms with E-state index in [1.54, 1.807) is 24.3 Å². The van der Waals surface area contributed by atoms with E-state index in [0.29, 0.717) is 42.7 Å². The van der Waals surface area contributed by atoms with Gasteiger partial charge in [-0.15, -0.1) is 0 Å². The number of anilines is 1. The van der Waals surface area contributed by atoms with E-state index in [-0.39, 0.29) is 17.9 Å². The second kappa shape index (κ2) is 16.3. The number of carbonyl (C=O) groups excluding carboxylic acids is 2. The molecule has 2 atom stereocenters. The molecule has 3 aliphatic rings. The number of fused-ring (bicyclic) bond motifs is 3. The highest BCUT2D eigenvalue weighted by molar-refractivity contribution is 6.00. The van der Waals surface area contributed by atoms with Crippen LogP contribution in [0.1, 0.15) is 81.8 Å². The molecular formula is C44H52N8O3. The van der Waals surface area contributed by atoms with Gasteiger partial charge in [-0.25, -0.2) is 9.67 Å². The highest BCUT2D eigenvalue weighted by Gasteiger charge is 2.37. The van der Waals surface area contributed by atoms with Gasteiger partial charge in [-0.3, -0.25) is 14.5 Å². The highest BCUT2D eigenvalue weighted by Crippen LogP contribution is 2.32. The summed E-state index contributed by atoms with van der Waals surface area (Å²) in [5.41, 5.74) is 10.4. The van der Waals surface area contributed by atoms with E-state index in [2.05, 4.69) is 94.5 Å². The number of ether oxygens (including phenoxy) is 1. The van der Waals surface area contributed by atoms with Gasteiger partial charge >= 0.3 is 0 Å². The summed E-state index contributed by atoms with van der Waals surface area (Å²) in [7, 11) is 0. The van der Waals surface area contributed by atoms with E-state index in [0.717, 1.165) is 96.9 Å². The first-order valence-corrected chi connectivity index (χ1v) is 19.9. The fraction of sp³-hybridized carbons (Fsp3) is 0.409. The Morgan fingerprint density at radius 2 is 1.69 bits per heavy atom. The third-order valence-corrected chi connectivity index (χ3v) is 11.6. The summed E-state index contributed by atoms with van der Waals surface area (Å²) in [4.78, 5) is 34.7. The van der Waals surface area contributed by atoms with Crippen molar-refractivity contribution in [3.8, 4) is 11.1 Å². The van der Waals surface area contributed by atoms with Crippen molar-refractivity contribution in [1.29, 1.82) is 0 Å². The van der Waals surface area contributed by atoms with Gasteiger partial charge in [0.2, 0.25) is 0 Å². The zero-order valence-electron chi connectivity index (χ0n) is 32.2. The van der Waals surface area contributed by atoms with Gasteiger partial charge in [-0.1, -0.05) is 43.3 Å². The lowest BCUT2D eigenvalue weighted by atomic mass is 9.98. The number of rotatable bonds is 13. The lowest BCUT2D eigenvalue weighted by molar-refractivity contribution is 0.0904. The van der Waals surface area contributed by atoms with Crippen LogP contribution in [-0.2, 0) is 37.3 Å². The molecule has 3 aromatic carbocycles. The number of piperazine rings is 1. The largest absolute Gasteiger partial charge is 0.381 e. The Balaban J connectivity index is 0.934.